The summed E-state index contributed by atoms with van der Waals surface area (Å²) in [5.41, 5.74) is 1.33. The van der Waals surface area contributed by atoms with Gasteiger partial charge in [-0.05, 0) is 19.1 Å². The average molecular weight is 277 g/mol. The van der Waals surface area contributed by atoms with Crippen LogP contribution in [0.15, 0.2) is 39.8 Å². The van der Waals surface area contributed by atoms with Crippen molar-refractivity contribution in [3.8, 4) is 5.69 Å². The molecule has 0 amide bonds. The Balaban J connectivity index is 2.43. The molecule has 0 aliphatic rings. The van der Waals surface area contributed by atoms with Crippen molar-refractivity contribution in [3.05, 3.63) is 56.2 Å². The molecule has 5 heteroatoms. The van der Waals surface area contributed by atoms with Crippen LogP contribution in [0.2, 0.25) is 5.02 Å². The number of rotatable bonds is 1. The van der Waals surface area contributed by atoms with Crippen molar-refractivity contribution in [1.82, 2.24) is 9.55 Å². The maximum Gasteiger partial charge on any atom is 0.266 e. The third-order valence-electron chi connectivity index (χ3n) is 2.77. The minimum atomic E-state index is -0.0770. The van der Waals surface area contributed by atoms with E-state index in [2.05, 4.69) is 4.98 Å². The fraction of sp³-hybridized carbons (Fsp3) is 0.0769. The summed E-state index contributed by atoms with van der Waals surface area (Å²) in [6.07, 6.45) is 0. The molecule has 3 aromatic rings. The molecule has 0 unspecified atom stereocenters. The largest absolute Gasteiger partial charge is 0.268 e. The van der Waals surface area contributed by atoms with Crippen molar-refractivity contribution in [2.75, 3.05) is 0 Å². The second-order valence-corrected chi connectivity index (χ2v) is 5.07. The standard InChI is InChI=1S/C13H9ClN2OS/c1-8-15-11-7-18-6-9(11)13(17)16(8)12-5-3-2-4-10(12)14/h2-7H,1H3. The van der Waals surface area contributed by atoms with Gasteiger partial charge < -0.3 is 0 Å². The van der Waals surface area contributed by atoms with Gasteiger partial charge in [0.25, 0.3) is 5.56 Å². The summed E-state index contributed by atoms with van der Waals surface area (Å²) in [4.78, 5) is 16.9. The normalized spacial score (nSPS) is 11.0. The van der Waals surface area contributed by atoms with Gasteiger partial charge >= 0.3 is 0 Å². The Kier molecular flexibility index (Phi) is 2.69. The van der Waals surface area contributed by atoms with Gasteiger partial charge in [0.15, 0.2) is 0 Å². The first-order valence-electron chi connectivity index (χ1n) is 5.39. The van der Waals surface area contributed by atoms with Crippen LogP contribution in [0, 0.1) is 6.92 Å². The zero-order chi connectivity index (χ0) is 12.7. The fourth-order valence-electron chi connectivity index (χ4n) is 1.95. The molecule has 90 valence electrons. The summed E-state index contributed by atoms with van der Waals surface area (Å²) in [6.45, 7) is 1.81. The lowest BCUT2D eigenvalue weighted by Crippen LogP contribution is -2.21. The molecule has 0 radical (unpaired) electrons. The van der Waals surface area contributed by atoms with Crippen LogP contribution >= 0.6 is 22.9 Å². The second kappa shape index (κ2) is 4.23. The summed E-state index contributed by atoms with van der Waals surface area (Å²) in [5, 5.41) is 4.86. The number of fused-ring (bicyclic) bond motifs is 1. The van der Waals surface area contributed by atoms with Gasteiger partial charge in [0, 0.05) is 10.8 Å². The molecular formula is C13H9ClN2OS. The molecule has 0 atom stereocenters. The molecule has 0 aliphatic carbocycles. The Morgan fingerprint density at radius 2 is 2.06 bits per heavy atom. The Hall–Kier alpha value is -1.65. The predicted molar refractivity (Wildman–Crippen MR) is 75.0 cm³/mol. The van der Waals surface area contributed by atoms with Gasteiger partial charge in [-0.15, -0.1) is 11.3 Å². The minimum absolute atomic E-state index is 0.0770. The lowest BCUT2D eigenvalue weighted by Gasteiger charge is -2.10. The molecule has 0 spiro atoms. The van der Waals surface area contributed by atoms with E-state index in [1.807, 2.05) is 35.9 Å². The molecule has 0 aliphatic heterocycles. The summed E-state index contributed by atoms with van der Waals surface area (Å²) < 4.78 is 1.55. The number of hydrogen-bond donors (Lipinski definition) is 0. The number of para-hydroxylation sites is 1. The van der Waals surface area contributed by atoms with Crippen molar-refractivity contribution in [2.45, 2.75) is 6.92 Å². The van der Waals surface area contributed by atoms with Gasteiger partial charge in [0.2, 0.25) is 0 Å². The number of aryl methyl sites for hydroxylation is 1. The zero-order valence-electron chi connectivity index (χ0n) is 9.55. The van der Waals surface area contributed by atoms with Crippen LogP contribution in [0.1, 0.15) is 5.82 Å². The van der Waals surface area contributed by atoms with Crippen LogP contribution < -0.4 is 5.56 Å². The highest BCUT2D eigenvalue weighted by atomic mass is 35.5. The van der Waals surface area contributed by atoms with Gasteiger partial charge in [-0.1, -0.05) is 23.7 Å². The van der Waals surface area contributed by atoms with Crippen molar-refractivity contribution in [1.29, 1.82) is 0 Å². The molecule has 2 aromatic heterocycles. The lowest BCUT2D eigenvalue weighted by atomic mass is 10.3. The van der Waals surface area contributed by atoms with Gasteiger partial charge in [-0.25, -0.2) is 4.98 Å². The predicted octanol–water partition coefficient (Wildman–Crippen LogP) is 3.41. The Labute approximate surface area is 112 Å². The lowest BCUT2D eigenvalue weighted by molar-refractivity contribution is 0.896. The van der Waals surface area contributed by atoms with Gasteiger partial charge in [-0.2, -0.15) is 0 Å². The monoisotopic (exact) mass is 276 g/mol. The van der Waals surface area contributed by atoms with Crippen molar-refractivity contribution < 1.29 is 0 Å². The smallest absolute Gasteiger partial charge is 0.266 e. The maximum atomic E-state index is 12.4. The third kappa shape index (κ3) is 1.65. The van der Waals surface area contributed by atoms with Crippen LogP contribution in [-0.2, 0) is 0 Å². The Bertz CT molecular complexity index is 791. The third-order valence-corrected chi connectivity index (χ3v) is 3.82. The van der Waals surface area contributed by atoms with E-state index in [1.54, 1.807) is 10.6 Å². The number of halogens is 1. The summed E-state index contributed by atoms with van der Waals surface area (Å²) in [5.74, 6) is 0.638. The number of aromatic nitrogens is 2. The van der Waals surface area contributed by atoms with E-state index < -0.39 is 0 Å². The van der Waals surface area contributed by atoms with E-state index in [0.29, 0.717) is 21.9 Å². The minimum Gasteiger partial charge on any atom is -0.268 e. The highest BCUT2D eigenvalue weighted by Gasteiger charge is 2.12. The number of nitrogens with zero attached hydrogens (tertiary/aromatic N) is 2. The molecule has 3 rings (SSSR count). The van der Waals surface area contributed by atoms with E-state index >= 15 is 0 Å². The SMILES string of the molecule is Cc1nc2cscc2c(=O)n1-c1ccccc1Cl. The van der Waals surface area contributed by atoms with Crippen LogP contribution in [0.3, 0.4) is 0 Å². The molecule has 2 heterocycles. The molecular weight excluding hydrogens is 268 g/mol. The van der Waals surface area contributed by atoms with Crippen LogP contribution in [0.25, 0.3) is 16.6 Å². The molecule has 0 N–H and O–H groups in total. The van der Waals surface area contributed by atoms with Crippen molar-refractivity contribution in [2.24, 2.45) is 0 Å². The van der Waals surface area contributed by atoms with Crippen LogP contribution in [0.4, 0.5) is 0 Å². The van der Waals surface area contributed by atoms with Gasteiger partial charge in [0.1, 0.15) is 5.82 Å². The number of benzene rings is 1. The second-order valence-electron chi connectivity index (χ2n) is 3.92. The van der Waals surface area contributed by atoms with Gasteiger partial charge in [-0.3, -0.25) is 9.36 Å². The highest BCUT2D eigenvalue weighted by molar-refractivity contribution is 7.09. The summed E-state index contributed by atoms with van der Waals surface area (Å²) in [7, 11) is 0. The number of thiophene rings is 1. The molecule has 18 heavy (non-hydrogen) atoms. The topological polar surface area (TPSA) is 34.9 Å². The van der Waals surface area contributed by atoms with E-state index in [-0.39, 0.29) is 5.56 Å². The molecule has 3 nitrogen and oxygen atoms in total. The Morgan fingerprint density at radius 3 is 2.83 bits per heavy atom. The molecule has 0 saturated heterocycles. The number of hydrogen-bond acceptors (Lipinski definition) is 3. The summed E-state index contributed by atoms with van der Waals surface area (Å²) in [6, 6.07) is 7.27. The van der Waals surface area contributed by atoms with E-state index in [9.17, 15) is 4.79 Å². The van der Waals surface area contributed by atoms with E-state index in [1.165, 1.54) is 11.3 Å². The average Bonchev–Trinajstić information content (AvgIpc) is 2.79. The first-order valence-corrected chi connectivity index (χ1v) is 6.71. The van der Waals surface area contributed by atoms with E-state index in [0.717, 1.165) is 5.52 Å². The first kappa shape index (κ1) is 11.4. The zero-order valence-corrected chi connectivity index (χ0v) is 11.1. The van der Waals surface area contributed by atoms with Gasteiger partial charge in [0.05, 0.1) is 21.6 Å². The van der Waals surface area contributed by atoms with Crippen LogP contribution in [-0.4, -0.2) is 9.55 Å². The molecule has 1 aromatic carbocycles. The van der Waals surface area contributed by atoms with Crippen molar-refractivity contribution in [3.63, 3.8) is 0 Å². The van der Waals surface area contributed by atoms with Crippen molar-refractivity contribution >= 4 is 33.8 Å². The first-order chi connectivity index (χ1) is 8.68. The van der Waals surface area contributed by atoms with E-state index in [4.69, 9.17) is 11.6 Å². The molecule has 0 bridgehead atoms. The maximum absolute atomic E-state index is 12.4. The highest BCUT2D eigenvalue weighted by Crippen LogP contribution is 2.21. The van der Waals surface area contributed by atoms with Crippen LogP contribution in [0.5, 0.6) is 0 Å². The molecule has 0 fully saturated rings. The fourth-order valence-corrected chi connectivity index (χ4v) is 2.90. The molecule has 0 saturated carbocycles. The summed E-state index contributed by atoms with van der Waals surface area (Å²) >= 11 is 7.62. The quantitative estimate of drug-likeness (QED) is 0.683. The Morgan fingerprint density at radius 1 is 1.28 bits per heavy atom.